The van der Waals surface area contributed by atoms with Crippen molar-refractivity contribution in [2.24, 2.45) is 5.92 Å². The molecule has 1 aromatic carbocycles. The average molecular weight is 333 g/mol. The fourth-order valence-electron chi connectivity index (χ4n) is 2.70. The Morgan fingerprint density at radius 3 is 2.72 bits per heavy atom. The minimum absolute atomic E-state index is 0.110. The summed E-state index contributed by atoms with van der Waals surface area (Å²) in [7, 11) is 0. The van der Waals surface area contributed by atoms with E-state index in [9.17, 15) is 10.1 Å². The summed E-state index contributed by atoms with van der Waals surface area (Å²) in [6.07, 6.45) is 0.640. The van der Waals surface area contributed by atoms with Gasteiger partial charge in [0.2, 0.25) is 0 Å². The average Bonchev–Trinajstić information content (AvgIpc) is 3.03. The van der Waals surface area contributed by atoms with Crippen LogP contribution in [0.4, 0.5) is 0 Å². The van der Waals surface area contributed by atoms with Crippen molar-refractivity contribution in [1.82, 2.24) is 14.9 Å². The number of fused-ring (bicyclic) bond motifs is 1. The van der Waals surface area contributed by atoms with Crippen molar-refractivity contribution in [3.63, 3.8) is 0 Å². The molecule has 124 valence electrons. The van der Waals surface area contributed by atoms with Crippen molar-refractivity contribution in [2.75, 3.05) is 0 Å². The van der Waals surface area contributed by atoms with Crippen LogP contribution in [0.1, 0.15) is 18.6 Å². The minimum Gasteiger partial charge on any atom is -0.360 e. The molecule has 0 N–H and O–H groups in total. The minimum atomic E-state index is -0.473. The molecule has 0 aliphatic heterocycles. The summed E-state index contributed by atoms with van der Waals surface area (Å²) in [5.74, 6) is 0.0471. The van der Waals surface area contributed by atoms with Crippen LogP contribution in [0.15, 0.2) is 39.6 Å². The molecule has 2 aromatic heterocycles. The Morgan fingerprint density at radius 1 is 1.28 bits per heavy atom. The maximum absolute atomic E-state index is 12.7. The summed E-state index contributed by atoms with van der Waals surface area (Å²) in [5, 5.41) is 26.9. The number of rotatable bonds is 5. The van der Waals surface area contributed by atoms with Gasteiger partial charge in [-0.1, -0.05) is 35.5 Å². The summed E-state index contributed by atoms with van der Waals surface area (Å²) in [4.78, 5) is 12.7. The van der Waals surface area contributed by atoms with Gasteiger partial charge in [0.25, 0.3) is 5.56 Å². The standard InChI is InChI=1S/C18H15N5O2/c1-12-15-16(14-7-3-2-4-8-14)21-23(18(24)17(15)22-25-12)11-13(10-20)6-5-9-19/h2-4,7-8,13H,5-6,11H2,1H3. The molecule has 3 aromatic rings. The molecule has 1 unspecified atom stereocenters. The Hall–Kier alpha value is -3.45. The van der Waals surface area contributed by atoms with Crippen molar-refractivity contribution >= 4 is 10.9 Å². The lowest BCUT2D eigenvalue weighted by Gasteiger charge is -2.11. The van der Waals surface area contributed by atoms with Crippen LogP contribution in [0.25, 0.3) is 22.2 Å². The van der Waals surface area contributed by atoms with Crippen molar-refractivity contribution in [2.45, 2.75) is 26.3 Å². The molecule has 0 bridgehead atoms. The molecule has 0 aliphatic carbocycles. The third-order valence-corrected chi connectivity index (χ3v) is 3.98. The molecule has 7 nitrogen and oxygen atoms in total. The van der Waals surface area contributed by atoms with E-state index in [1.807, 2.05) is 36.4 Å². The topological polar surface area (TPSA) is 108 Å². The molecule has 0 aliphatic rings. The molecule has 0 saturated carbocycles. The molecule has 0 radical (unpaired) electrons. The summed E-state index contributed by atoms with van der Waals surface area (Å²) in [5.41, 5.74) is 1.22. The Labute approximate surface area is 143 Å². The highest BCUT2D eigenvalue weighted by Crippen LogP contribution is 2.27. The van der Waals surface area contributed by atoms with Crippen LogP contribution in [0, 0.1) is 35.5 Å². The first-order chi connectivity index (χ1) is 12.2. The van der Waals surface area contributed by atoms with Crippen LogP contribution in [0.5, 0.6) is 0 Å². The first-order valence-corrected chi connectivity index (χ1v) is 7.84. The van der Waals surface area contributed by atoms with Crippen molar-refractivity contribution in [1.29, 1.82) is 10.5 Å². The lowest BCUT2D eigenvalue weighted by Crippen LogP contribution is -2.27. The van der Waals surface area contributed by atoms with Crippen molar-refractivity contribution in [3.05, 3.63) is 46.4 Å². The van der Waals surface area contributed by atoms with Gasteiger partial charge in [0, 0.05) is 12.0 Å². The molecule has 0 spiro atoms. The predicted molar refractivity (Wildman–Crippen MR) is 90.2 cm³/mol. The third kappa shape index (κ3) is 3.13. The van der Waals surface area contributed by atoms with E-state index >= 15 is 0 Å². The normalized spacial score (nSPS) is 11.8. The zero-order valence-electron chi connectivity index (χ0n) is 13.6. The van der Waals surface area contributed by atoms with Crippen LogP contribution < -0.4 is 5.56 Å². The van der Waals surface area contributed by atoms with Crippen LogP contribution >= 0.6 is 0 Å². The van der Waals surface area contributed by atoms with Gasteiger partial charge in [-0.05, 0) is 13.3 Å². The molecule has 0 amide bonds. The van der Waals surface area contributed by atoms with Gasteiger partial charge < -0.3 is 4.52 Å². The smallest absolute Gasteiger partial charge is 0.296 e. The van der Waals surface area contributed by atoms with E-state index < -0.39 is 11.5 Å². The molecule has 0 saturated heterocycles. The zero-order valence-corrected chi connectivity index (χ0v) is 13.6. The van der Waals surface area contributed by atoms with Crippen LogP contribution in [-0.2, 0) is 6.54 Å². The lowest BCUT2D eigenvalue weighted by atomic mass is 10.1. The summed E-state index contributed by atoms with van der Waals surface area (Å²) in [6.45, 7) is 1.84. The highest BCUT2D eigenvalue weighted by molar-refractivity contribution is 5.92. The molecule has 1 atom stereocenters. The van der Waals surface area contributed by atoms with Crippen LogP contribution in [0.3, 0.4) is 0 Å². The summed E-state index contributed by atoms with van der Waals surface area (Å²) in [6, 6.07) is 13.6. The SMILES string of the molecule is Cc1onc2c(=O)n(CC(C#N)CCC#N)nc(-c3ccccc3)c12. The first-order valence-electron chi connectivity index (χ1n) is 7.84. The number of nitrogens with zero attached hydrogens (tertiary/aromatic N) is 5. The van der Waals surface area contributed by atoms with Crippen LogP contribution in [-0.4, -0.2) is 14.9 Å². The molecular weight excluding hydrogens is 318 g/mol. The molecule has 0 fully saturated rings. The Balaban J connectivity index is 2.15. The Morgan fingerprint density at radius 2 is 2.04 bits per heavy atom. The number of benzene rings is 1. The van der Waals surface area contributed by atoms with E-state index in [1.165, 1.54) is 4.68 Å². The Bertz CT molecular complexity index is 1040. The quantitative estimate of drug-likeness (QED) is 0.710. The van der Waals surface area contributed by atoms with Gasteiger partial charge in [0.1, 0.15) is 11.5 Å². The van der Waals surface area contributed by atoms with Gasteiger partial charge in [-0.25, -0.2) is 4.68 Å². The second kappa shape index (κ2) is 6.98. The maximum Gasteiger partial charge on any atom is 0.296 e. The second-order valence-electron chi connectivity index (χ2n) is 5.69. The molecule has 7 heteroatoms. The number of aryl methyl sites for hydroxylation is 1. The zero-order chi connectivity index (χ0) is 17.8. The van der Waals surface area contributed by atoms with E-state index in [2.05, 4.69) is 16.3 Å². The first kappa shape index (κ1) is 16.4. The van der Waals surface area contributed by atoms with Gasteiger partial charge >= 0.3 is 0 Å². The third-order valence-electron chi connectivity index (χ3n) is 3.98. The van der Waals surface area contributed by atoms with E-state index in [0.29, 0.717) is 23.3 Å². The molecule has 25 heavy (non-hydrogen) atoms. The number of nitriles is 2. The van der Waals surface area contributed by atoms with E-state index in [4.69, 9.17) is 9.78 Å². The number of aromatic nitrogens is 3. The molecule has 2 heterocycles. The highest BCUT2D eigenvalue weighted by atomic mass is 16.5. The number of hydrogen-bond donors (Lipinski definition) is 0. The summed E-state index contributed by atoms with van der Waals surface area (Å²) < 4.78 is 6.45. The lowest BCUT2D eigenvalue weighted by molar-refractivity contribution is 0.404. The van der Waals surface area contributed by atoms with Crippen LogP contribution in [0.2, 0.25) is 0 Å². The Kier molecular flexibility index (Phi) is 4.58. The largest absolute Gasteiger partial charge is 0.360 e. The van der Waals surface area contributed by atoms with Gasteiger partial charge in [0.05, 0.1) is 30.0 Å². The molecular formula is C18H15N5O2. The fraction of sp³-hybridized carbons (Fsp3) is 0.278. The van der Waals surface area contributed by atoms with Gasteiger partial charge in [-0.3, -0.25) is 4.79 Å². The highest BCUT2D eigenvalue weighted by Gasteiger charge is 2.20. The van der Waals surface area contributed by atoms with Gasteiger partial charge in [-0.15, -0.1) is 0 Å². The van der Waals surface area contributed by atoms with E-state index in [1.54, 1.807) is 6.92 Å². The fourth-order valence-corrected chi connectivity index (χ4v) is 2.70. The summed E-state index contributed by atoms with van der Waals surface area (Å²) >= 11 is 0. The predicted octanol–water partition coefficient (Wildman–Crippen LogP) is 2.80. The van der Waals surface area contributed by atoms with Gasteiger partial charge in [0.15, 0.2) is 5.52 Å². The van der Waals surface area contributed by atoms with E-state index in [-0.39, 0.29) is 18.5 Å². The monoisotopic (exact) mass is 333 g/mol. The van der Waals surface area contributed by atoms with Crippen molar-refractivity contribution < 1.29 is 4.52 Å². The number of hydrogen-bond acceptors (Lipinski definition) is 6. The van der Waals surface area contributed by atoms with E-state index in [0.717, 1.165) is 5.56 Å². The maximum atomic E-state index is 12.7. The van der Waals surface area contributed by atoms with Crippen molar-refractivity contribution in [3.8, 4) is 23.4 Å². The molecule has 3 rings (SSSR count). The second-order valence-corrected chi connectivity index (χ2v) is 5.69. The van der Waals surface area contributed by atoms with Gasteiger partial charge in [-0.2, -0.15) is 15.6 Å².